The Balaban J connectivity index is 2.67. The summed E-state index contributed by atoms with van der Waals surface area (Å²) in [7, 11) is 0. The third-order valence-corrected chi connectivity index (χ3v) is 4.21. The lowest BCUT2D eigenvalue weighted by Crippen LogP contribution is -2.28. The average Bonchev–Trinajstić information content (AvgIpc) is 2.46. The molecule has 2 heteroatoms. The second kappa shape index (κ2) is 9.22. The molecule has 0 heterocycles. The Labute approximate surface area is 130 Å². The van der Waals surface area contributed by atoms with Gasteiger partial charge >= 0.3 is 0 Å². The van der Waals surface area contributed by atoms with Gasteiger partial charge in [-0.3, -0.25) is 0 Å². The number of rotatable bonds is 10. The molecule has 2 N–H and O–H groups in total. The lowest BCUT2D eigenvalue weighted by molar-refractivity contribution is 0.0132. The van der Waals surface area contributed by atoms with E-state index in [1.165, 1.54) is 5.56 Å². The predicted octanol–water partition coefficient (Wildman–Crippen LogP) is 4.78. The van der Waals surface area contributed by atoms with Gasteiger partial charge in [0.25, 0.3) is 0 Å². The van der Waals surface area contributed by atoms with Crippen LogP contribution < -0.4 is 0 Å². The second-order valence-electron chi connectivity index (χ2n) is 6.27. The third kappa shape index (κ3) is 6.19. The van der Waals surface area contributed by atoms with Gasteiger partial charge in [0.1, 0.15) is 0 Å². The first-order valence-electron chi connectivity index (χ1n) is 8.54. The molecule has 0 aromatic heterocycles. The third-order valence-electron chi connectivity index (χ3n) is 4.21. The molecule has 0 bridgehead atoms. The van der Waals surface area contributed by atoms with Gasteiger partial charge in [0.2, 0.25) is 0 Å². The van der Waals surface area contributed by atoms with Crippen molar-refractivity contribution >= 4 is 0 Å². The van der Waals surface area contributed by atoms with Crippen molar-refractivity contribution in [3.63, 3.8) is 0 Å². The van der Waals surface area contributed by atoms with Gasteiger partial charge in [-0.1, -0.05) is 64.3 Å². The minimum Gasteiger partial charge on any atom is -0.390 e. The molecule has 0 unspecified atom stereocenters. The normalized spacial score (nSPS) is 13.4. The van der Waals surface area contributed by atoms with Crippen molar-refractivity contribution in [3.8, 4) is 0 Å². The number of aryl methyl sites for hydroxylation is 1. The molecule has 1 aromatic carbocycles. The Morgan fingerprint density at radius 3 is 2.24 bits per heavy atom. The van der Waals surface area contributed by atoms with E-state index in [2.05, 4.69) is 32.9 Å². The van der Waals surface area contributed by atoms with Gasteiger partial charge in [-0.05, 0) is 43.2 Å². The summed E-state index contributed by atoms with van der Waals surface area (Å²) in [4.78, 5) is 0. The first-order chi connectivity index (χ1) is 10.0. The maximum Gasteiger partial charge on any atom is 0.0790 e. The maximum absolute atomic E-state index is 10.7. The van der Waals surface area contributed by atoms with Gasteiger partial charge in [0, 0.05) is 0 Å². The lowest BCUT2D eigenvalue weighted by Gasteiger charge is -2.27. The summed E-state index contributed by atoms with van der Waals surface area (Å²) in [5.41, 5.74) is 1.69. The molecule has 0 aliphatic carbocycles. The highest BCUT2D eigenvalue weighted by atomic mass is 16.3. The molecule has 120 valence electrons. The standard InChI is InChI=1S/C19H32O2/c1-4-8-18(20)17-10-7-9-16(15-17)11-14-19(21,12-5-2)13-6-3/h7,9-10,15,18,20-21H,4-6,8,11-14H2,1-3H3/t18-/m1/s1. The van der Waals surface area contributed by atoms with Crippen molar-refractivity contribution in [3.05, 3.63) is 35.4 Å². The number of aliphatic hydroxyl groups excluding tert-OH is 1. The molecular weight excluding hydrogens is 260 g/mol. The van der Waals surface area contributed by atoms with Gasteiger partial charge in [-0.15, -0.1) is 0 Å². The van der Waals surface area contributed by atoms with Crippen LogP contribution in [0.2, 0.25) is 0 Å². The van der Waals surface area contributed by atoms with E-state index in [-0.39, 0.29) is 6.10 Å². The average molecular weight is 292 g/mol. The van der Waals surface area contributed by atoms with E-state index < -0.39 is 5.60 Å². The quantitative estimate of drug-likeness (QED) is 0.651. The fraction of sp³-hybridized carbons (Fsp3) is 0.684. The molecule has 0 radical (unpaired) electrons. The Bertz CT molecular complexity index is 394. The van der Waals surface area contributed by atoms with Crippen LogP contribution in [0.25, 0.3) is 0 Å². The highest BCUT2D eigenvalue weighted by Crippen LogP contribution is 2.26. The van der Waals surface area contributed by atoms with E-state index in [9.17, 15) is 10.2 Å². The van der Waals surface area contributed by atoms with Crippen LogP contribution in [0.4, 0.5) is 0 Å². The number of aliphatic hydroxyl groups is 2. The number of benzene rings is 1. The largest absolute Gasteiger partial charge is 0.390 e. The zero-order valence-electron chi connectivity index (χ0n) is 13.9. The molecule has 0 saturated heterocycles. The maximum atomic E-state index is 10.7. The number of hydrogen-bond donors (Lipinski definition) is 2. The van der Waals surface area contributed by atoms with Crippen LogP contribution in [0.5, 0.6) is 0 Å². The van der Waals surface area contributed by atoms with Crippen LogP contribution in [-0.2, 0) is 6.42 Å². The predicted molar refractivity (Wildman–Crippen MR) is 89.4 cm³/mol. The van der Waals surface area contributed by atoms with Gasteiger partial charge in [0.05, 0.1) is 11.7 Å². The molecule has 1 atom stereocenters. The van der Waals surface area contributed by atoms with Gasteiger partial charge in [0.15, 0.2) is 0 Å². The Kier molecular flexibility index (Phi) is 7.98. The molecule has 1 aromatic rings. The molecule has 21 heavy (non-hydrogen) atoms. The van der Waals surface area contributed by atoms with E-state index in [4.69, 9.17) is 0 Å². The molecule has 0 spiro atoms. The highest BCUT2D eigenvalue weighted by molar-refractivity contribution is 5.25. The lowest BCUT2D eigenvalue weighted by atomic mass is 9.86. The summed E-state index contributed by atoms with van der Waals surface area (Å²) >= 11 is 0. The topological polar surface area (TPSA) is 40.5 Å². The van der Waals surface area contributed by atoms with Gasteiger partial charge in [-0.2, -0.15) is 0 Å². The van der Waals surface area contributed by atoms with Crippen LogP contribution in [0.1, 0.15) is 82.9 Å². The van der Waals surface area contributed by atoms with Crippen LogP contribution in [-0.4, -0.2) is 15.8 Å². The van der Waals surface area contributed by atoms with E-state index in [0.717, 1.165) is 56.9 Å². The van der Waals surface area contributed by atoms with Gasteiger partial charge < -0.3 is 10.2 Å². The molecule has 0 aliphatic rings. The second-order valence-corrected chi connectivity index (χ2v) is 6.27. The summed E-state index contributed by atoms with van der Waals surface area (Å²) in [6, 6.07) is 8.20. The van der Waals surface area contributed by atoms with Crippen LogP contribution in [0.3, 0.4) is 0 Å². The zero-order chi connectivity index (χ0) is 15.7. The minimum absolute atomic E-state index is 0.361. The molecule has 2 nitrogen and oxygen atoms in total. The minimum atomic E-state index is -0.526. The zero-order valence-corrected chi connectivity index (χ0v) is 13.9. The highest BCUT2D eigenvalue weighted by Gasteiger charge is 2.24. The van der Waals surface area contributed by atoms with Crippen molar-refractivity contribution in [2.75, 3.05) is 0 Å². The Hall–Kier alpha value is -0.860. The van der Waals surface area contributed by atoms with E-state index in [1.807, 2.05) is 12.1 Å². The van der Waals surface area contributed by atoms with Crippen molar-refractivity contribution in [2.24, 2.45) is 0 Å². The molecule has 0 amide bonds. The summed E-state index contributed by atoms with van der Waals surface area (Å²) < 4.78 is 0. The first-order valence-corrected chi connectivity index (χ1v) is 8.54. The van der Waals surface area contributed by atoms with Crippen molar-refractivity contribution in [1.29, 1.82) is 0 Å². The first kappa shape index (κ1) is 18.2. The SMILES string of the molecule is CCC[C@@H](O)c1cccc(CCC(O)(CCC)CCC)c1. The molecular formula is C19H32O2. The Morgan fingerprint density at radius 2 is 1.67 bits per heavy atom. The van der Waals surface area contributed by atoms with Crippen molar-refractivity contribution in [2.45, 2.75) is 83.8 Å². The molecule has 0 aliphatic heterocycles. The van der Waals surface area contributed by atoms with Crippen LogP contribution in [0, 0.1) is 0 Å². The summed E-state index contributed by atoms with van der Waals surface area (Å²) in [6.45, 7) is 6.34. The van der Waals surface area contributed by atoms with Crippen LogP contribution >= 0.6 is 0 Å². The van der Waals surface area contributed by atoms with Crippen LogP contribution in [0.15, 0.2) is 24.3 Å². The smallest absolute Gasteiger partial charge is 0.0790 e. The van der Waals surface area contributed by atoms with E-state index in [1.54, 1.807) is 0 Å². The van der Waals surface area contributed by atoms with E-state index in [0.29, 0.717) is 0 Å². The molecule has 0 saturated carbocycles. The fourth-order valence-electron chi connectivity index (χ4n) is 3.08. The molecule has 0 fully saturated rings. The van der Waals surface area contributed by atoms with Crippen molar-refractivity contribution in [1.82, 2.24) is 0 Å². The fourth-order valence-corrected chi connectivity index (χ4v) is 3.08. The monoisotopic (exact) mass is 292 g/mol. The summed E-state index contributed by atoms with van der Waals surface area (Å²) in [6.07, 6.45) is 6.90. The summed E-state index contributed by atoms with van der Waals surface area (Å²) in [5.74, 6) is 0. The molecule has 1 rings (SSSR count). The summed E-state index contributed by atoms with van der Waals surface area (Å²) in [5, 5.41) is 20.8. The Morgan fingerprint density at radius 1 is 1.00 bits per heavy atom. The van der Waals surface area contributed by atoms with Crippen molar-refractivity contribution < 1.29 is 10.2 Å². The van der Waals surface area contributed by atoms with Gasteiger partial charge in [-0.25, -0.2) is 0 Å². The van der Waals surface area contributed by atoms with E-state index >= 15 is 0 Å². The number of hydrogen-bond acceptors (Lipinski definition) is 2.